The van der Waals surface area contributed by atoms with Crippen LogP contribution in [0.25, 0.3) is 10.1 Å². The van der Waals surface area contributed by atoms with E-state index < -0.39 is 0 Å². The molecule has 3 heteroatoms. The molecule has 1 fully saturated rings. The lowest BCUT2D eigenvalue weighted by atomic mass is 9.89. The fraction of sp³-hybridized carbons (Fsp3) is 0.467. The third kappa shape index (κ3) is 2.18. The summed E-state index contributed by atoms with van der Waals surface area (Å²) in [5.74, 6) is 0.716. The van der Waals surface area contributed by atoms with Gasteiger partial charge >= 0.3 is 0 Å². The molecule has 2 heterocycles. The quantitative estimate of drug-likeness (QED) is 0.733. The van der Waals surface area contributed by atoms with E-state index in [0.29, 0.717) is 5.92 Å². The summed E-state index contributed by atoms with van der Waals surface area (Å²) in [6.07, 6.45) is 2.54. The molecule has 96 valence electrons. The molecular formula is C15H18ClNS. The van der Waals surface area contributed by atoms with Crippen LogP contribution in [0.1, 0.15) is 29.9 Å². The summed E-state index contributed by atoms with van der Waals surface area (Å²) in [6, 6.07) is 4.37. The lowest BCUT2D eigenvalue weighted by Crippen LogP contribution is -2.29. The highest BCUT2D eigenvalue weighted by Crippen LogP contribution is 2.39. The first-order valence-electron chi connectivity index (χ1n) is 6.51. The molecule has 2 aromatic rings. The van der Waals surface area contributed by atoms with Gasteiger partial charge in [-0.15, -0.1) is 11.3 Å². The molecule has 0 unspecified atom stereocenters. The zero-order valence-electron chi connectivity index (χ0n) is 10.9. The SMILES string of the molecule is Cc1cc(Cl)c2scc(C3CCN(C)CC3)c2c1. The molecule has 0 spiro atoms. The van der Waals surface area contributed by atoms with Crippen LogP contribution in [0.5, 0.6) is 0 Å². The Morgan fingerprint density at radius 2 is 2.00 bits per heavy atom. The highest BCUT2D eigenvalue weighted by atomic mass is 35.5. The molecule has 0 saturated carbocycles. The van der Waals surface area contributed by atoms with E-state index in [1.807, 2.05) is 0 Å². The lowest BCUT2D eigenvalue weighted by molar-refractivity contribution is 0.256. The molecule has 1 aromatic heterocycles. The number of benzene rings is 1. The van der Waals surface area contributed by atoms with Crippen LogP contribution in [-0.2, 0) is 0 Å². The van der Waals surface area contributed by atoms with Gasteiger partial charge in [0.25, 0.3) is 0 Å². The molecule has 18 heavy (non-hydrogen) atoms. The normalized spacial score (nSPS) is 18.6. The number of fused-ring (bicyclic) bond motifs is 1. The number of likely N-dealkylation sites (tertiary alicyclic amines) is 1. The van der Waals surface area contributed by atoms with Crippen molar-refractivity contribution in [2.24, 2.45) is 0 Å². The first kappa shape index (κ1) is 12.5. The van der Waals surface area contributed by atoms with Crippen molar-refractivity contribution in [1.29, 1.82) is 0 Å². The van der Waals surface area contributed by atoms with Crippen LogP contribution in [0.2, 0.25) is 5.02 Å². The van der Waals surface area contributed by atoms with Crippen LogP contribution in [0, 0.1) is 6.92 Å². The largest absolute Gasteiger partial charge is 0.306 e. The minimum Gasteiger partial charge on any atom is -0.306 e. The smallest absolute Gasteiger partial charge is 0.0587 e. The van der Waals surface area contributed by atoms with E-state index in [2.05, 4.69) is 36.4 Å². The van der Waals surface area contributed by atoms with E-state index in [4.69, 9.17) is 11.6 Å². The topological polar surface area (TPSA) is 3.24 Å². The van der Waals surface area contributed by atoms with Gasteiger partial charge in [-0.25, -0.2) is 0 Å². The van der Waals surface area contributed by atoms with Gasteiger partial charge in [0.2, 0.25) is 0 Å². The number of nitrogens with zero attached hydrogens (tertiary/aromatic N) is 1. The first-order valence-corrected chi connectivity index (χ1v) is 7.76. The van der Waals surface area contributed by atoms with Crippen molar-refractivity contribution in [3.8, 4) is 0 Å². The van der Waals surface area contributed by atoms with Gasteiger partial charge in [-0.3, -0.25) is 0 Å². The Balaban J connectivity index is 2.02. The van der Waals surface area contributed by atoms with E-state index in [1.165, 1.54) is 47.1 Å². The number of halogens is 1. The number of rotatable bonds is 1. The molecule has 0 radical (unpaired) electrons. The molecule has 1 aliphatic rings. The van der Waals surface area contributed by atoms with Gasteiger partial charge in [0.05, 0.1) is 9.72 Å². The van der Waals surface area contributed by atoms with Gasteiger partial charge in [0.15, 0.2) is 0 Å². The average molecular weight is 280 g/mol. The molecule has 0 aliphatic carbocycles. The number of piperidine rings is 1. The zero-order valence-corrected chi connectivity index (χ0v) is 12.4. The van der Waals surface area contributed by atoms with Crippen molar-refractivity contribution in [1.82, 2.24) is 4.90 Å². The van der Waals surface area contributed by atoms with Gasteiger partial charge in [-0.2, -0.15) is 0 Å². The van der Waals surface area contributed by atoms with Gasteiger partial charge < -0.3 is 4.90 Å². The van der Waals surface area contributed by atoms with Gasteiger partial charge in [-0.05, 0) is 73.8 Å². The summed E-state index contributed by atoms with van der Waals surface area (Å²) in [4.78, 5) is 2.42. The molecule has 1 saturated heterocycles. The molecule has 3 rings (SSSR count). The minimum absolute atomic E-state index is 0.716. The second-order valence-corrected chi connectivity index (χ2v) is 6.68. The molecule has 1 nitrogen and oxygen atoms in total. The highest BCUT2D eigenvalue weighted by Gasteiger charge is 2.21. The van der Waals surface area contributed by atoms with E-state index in [1.54, 1.807) is 11.3 Å². The van der Waals surface area contributed by atoms with E-state index >= 15 is 0 Å². The van der Waals surface area contributed by atoms with E-state index in [0.717, 1.165) is 5.02 Å². The third-order valence-electron chi connectivity index (χ3n) is 3.96. The summed E-state index contributed by atoms with van der Waals surface area (Å²) in [7, 11) is 2.21. The Labute approximate surface area is 117 Å². The standard InChI is InChI=1S/C15H18ClNS/c1-10-7-12-13(9-18-15(12)14(16)8-10)11-3-5-17(2)6-4-11/h7-9,11H,3-6H2,1-2H3. The zero-order chi connectivity index (χ0) is 12.7. The molecule has 1 aromatic carbocycles. The second-order valence-electron chi connectivity index (χ2n) is 5.39. The van der Waals surface area contributed by atoms with Gasteiger partial charge in [-0.1, -0.05) is 17.7 Å². The lowest BCUT2D eigenvalue weighted by Gasteiger charge is -2.28. The monoisotopic (exact) mass is 279 g/mol. The summed E-state index contributed by atoms with van der Waals surface area (Å²) in [5.41, 5.74) is 2.79. The Hall–Kier alpha value is -0.570. The maximum absolute atomic E-state index is 6.34. The summed E-state index contributed by atoms with van der Waals surface area (Å²) in [5, 5.41) is 4.63. The minimum atomic E-state index is 0.716. The Bertz CT molecular complexity index is 567. The van der Waals surface area contributed by atoms with Gasteiger partial charge in [0, 0.05) is 0 Å². The number of thiophene rings is 1. The van der Waals surface area contributed by atoms with Crippen LogP contribution in [0.4, 0.5) is 0 Å². The second kappa shape index (κ2) is 4.84. The summed E-state index contributed by atoms with van der Waals surface area (Å²) >= 11 is 8.14. The third-order valence-corrected chi connectivity index (χ3v) is 5.42. The molecule has 0 N–H and O–H groups in total. The van der Waals surface area contributed by atoms with Crippen molar-refractivity contribution in [2.45, 2.75) is 25.7 Å². The Morgan fingerprint density at radius 1 is 1.28 bits per heavy atom. The highest BCUT2D eigenvalue weighted by molar-refractivity contribution is 7.18. The molecule has 0 bridgehead atoms. The maximum Gasteiger partial charge on any atom is 0.0587 e. The van der Waals surface area contributed by atoms with Crippen molar-refractivity contribution in [3.05, 3.63) is 33.7 Å². The van der Waals surface area contributed by atoms with Crippen molar-refractivity contribution >= 4 is 33.0 Å². The summed E-state index contributed by atoms with van der Waals surface area (Å²) in [6.45, 7) is 4.55. The Kier molecular flexibility index (Phi) is 3.35. The predicted octanol–water partition coefficient (Wildman–Crippen LogP) is 4.67. The van der Waals surface area contributed by atoms with E-state index in [-0.39, 0.29) is 0 Å². The number of aryl methyl sites for hydroxylation is 1. The maximum atomic E-state index is 6.34. The fourth-order valence-electron chi connectivity index (χ4n) is 2.88. The van der Waals surface area contributed by atoms with Crippen molar-refractivity contribution in [3.63, 3.8) is 0 Å². The Morgan fingerprint density at radius 3 is 2.72 bits per heavy atom. The number of hydrogen-bond acceptors (Lipinski definition) is 2. The van der Waals surface area contributed by atoms with Gasteiger partial charge in [0.1, 0.15) is 0 Å². The number of hydrogen-bond donors (Lipinski definition) is 0. The van der Waals surface area contributed by atoms with Crippen LogP contribution in [0.3, 0.4) is 0 Å². The molecular weight excluding hydrogens is 262 g/mol. The van der Waals surface area contributed by atoms with E-state index in [9.17, 15) is 0 Å². The fourth-order valence-corrected chi connectivity index (χ4v) is 4.33. The van der Waals surface area contributed by atoms with Crippen molar-refractivity contribution < 1.29 is 0 Å². The summed E-state index contributed by atoms with van der Waals surface area (Å²) < 4.78 is 1.26. The van der Waals surface area contributed by atoms with Crippen molar-refractivity contribution in [2.75, 3.05) is 20.1 Å². The van der Waals surface area contributed by atoms with Crippen LogP contribution < -0.4 is 0 Å². The first-order chi connectivity index (χ1) is 8.65. The average Bonchev–Trinajstić information content (AvgIpc) is 2.74. The van der Waals surface area contributed by atoms with Crippen LogP contribution >= 0.6 is 22.9 Å². The predicted molar refractivity (Wildman–Crippen MR) is 81.0 cm³/mol. The molecule has 0 amide bonds. The van der Waals surface area contributed by atoms with Crippen LogP contribution in [0.15, 0.2) is 17.5 Å². The molecule has 0 atom stereocenters. The molecule has 1 aliphatic heterocycles. The van der Waals surface area contributed by atoms with Crippen LogP contribution in [-0.4, -0.2) is 25.0 Å².